The molecule has 6 nitrogen and oxygen atoms in total. The summed E-state index contributed by atoms with van der Waals surface area (Å²) < 4.78 is 0. The van der Waals surface area contributed by atoms with Crippen LogP contribution in [0.3, 0.4) is 0 Å². The highest BCUT2D eigenvalue weighted by atomic mass is 35.5. The van der Waals surface area contributed by atoms with Gasteiger partial charge in [0.05, 0.1) is 10.8 Å². The summed E-state index contributed by atoms with van der Waals surface area (Å²) in [5, 5.41) is 14.8. The SMILES string of the molecule is CCC(Sc1cccc(NC(=O)c2cccc(Cl)c2)c1)C(=O)Nc1ccc(C(=O)O)cc1. The van der Waals surface area contributed by atoms with E-state index in [4.69, 9.17) is 16.7 Å². The second-order valence-electron chi connectivity index (χ2n) is 6.88. The van der Waals surface area contributed by atoms with E-state index in [9.17, 15) is 14.4 Å². The largest absolute Gasteiger partial charge is 0.478 e. The number of hydrogen-bond acceptors (Lipinski definition) is 4. The van der Waals surface area contributed by atoms with Crippen LogP contribution in [-0.2, 0) is 4.79 Å². The fourth-order valence-corrected chi connectivity index (χ4v) is 4.09. The summed E-state index contributed by atoms with van der Waals surface area (Å²) in [6.45, 7) is 1.91. The van der Waals surface area contributed by atoms with Gasteiger partial charge in [0.1, 0.15) is 0 Å². The van der Waals surface area contributed by atoms with Crippen molar-refractivity contribution in [1.82, 2.24) is 0 Å². The molecule has 3 aromatic rings. The van der Waals surface area contributed by atoms with E-state index < -0.39 is 5.97 Å². The number of halogens is 1. The minimum absolute atomic E-state index is 0.154. The number of carbonyl (C=O) groups excluding carboxylic acids is 2. The number of amides is 2. The Morgan fingerprint density at radius 1 is 0.906 bits per heavy atom. The van der Waals surface area contributed by atoms with Gasteiger partial charge in [0, 0.05) is 26.9 Å². The van der Waals surface area contributed by atoms with Crippen LogP contribution in [0.4, 0.5) is 11.4 Å². The molecule has 0 aliphatic heterocycles. The van der Waals surface area contributed by atoms with Crippen LogP contribution in [-0.4, -0.2) is 28.1 Å². The van der Waals surface area contributed by atoms with Gasteiger partial charge in [0.15, 0.2) is 0 Å². The molecular weight excluding hydrogens is 448 g/mol. The summed E-state index contributed by atoms with van der Waals surface area (Å²) in [6.07, 6.45) is 0.586. The van der Waals surface area contributed by atoms with E-state index >= 15 is 0 Å². The van der Waals surface area contributed by atoms with Crippen LogP contribution in [0.2, 0.25) is 5.02 Å². The zero-order chi connectivity index (χ0) is 23.1. The Balaban J connectivity index is 1.65. The Kier molecular flexibility index (Phi) is 7.92. The van der Waals surface area contributed by atoms with Gasteiger partial charge < -0.3 is 15.7 Å². The maximum Gasteiger partial charge on any atom is 0.335 e. The standard InChI is InChI=1S/C24H21ClN2O4S/c1-2-21(23(29)26-18-11-9-15(10-12-18)24(30)31)32-20-8-4-7-19(14-20)27-22(28)16-5-3-6-17(25)13-16/h3-14,21H,2H2,1H3,(H,26,29)(H,27,28)(H,30,31). The first-order chi connectivity index (χ1) is 15.4. The number of anilines is 2. The maximum absolute atomic E-state index is 12.7. The first kappa shape index (κ1) is 23.4. The summed E-state index contributed by atoms with van der Waals surface area (Å²) in [5.41, 5.74) is 1.75. The fraction of sp³-hybridized carbons (Fsp3) is 0.125. The molecule has 164 valence electrons. The van der Waals surface area contributed by atoms with Crippen molar-refractivity contribution in [3.05, 3.63) is 88.9 Å². The third kappa shape index (κ3) is 6.35. The predicted octanol–water partition coefficient (Wildman–Crippen LogP) is 5.80. The first-order valence-electron chi connectivity index (χ1n) is 9.83. The monoisotopic (exact) mass is 468 g/mol. The van der Waals surface area contributed by atoms with E-state index in [1.165, 1.54) is 23.9 Å². The number of thioether (sulfide) groups is 1. The lowest BCUT2D eigenvalue weighted by Gasteiger charge is -2.15. The normalized spacial score (nSPS) is 11.4. The molecule has 2 amide bonds. The number of carboxylic acid groups (broad SMARTS) is 1. The van der Waals surface area contributed by atoms with Gasteiger partial charge in [-0.05, 0) is 67.1 Å². The van der Waals surface area contributed by atoms with Gasteiger partial charge in [0.25, 0.3) is 5.91 Å². The van der Waals surface area contributed by atoms with Crippen molar-refractivity contribution in [2.24, 2.45) is 0 Å². The number of hydrogen-bond donors (Lipinski definition) is 3. The Morgan fingerprint density at radius 2 is 1.62 bits per heavy atom. The van der Waals surface area contributed by atoms with Crippen molar-refractivity contribution < 1.29 is 19.5 Å². The topological polar surface area (TPSA) is 95.5 Å². The zero-order valence-electron chi connectivity index (χ0n) is 17.2. The molecule has 8 heteroatoms. The number of rotatable bonds is 8. The number of carbonyl (C=O) groups is 3. The first-order valence-corrected chi connectivity index (χ1v) is 11.1. The van der Waals surface area contributed by atoms with E-state index in [2.05, 4.69) is 10.6 Å². The summed E-state index contributed by atoms with van der Waals surface area (Å²) in [5.74, 6) is -1.48. The van der Waals surface area contributed by atoms with Crippen molar-refractivity contribution in [2.75, 3.05) is 10.6 Å². The molecule has 0 bridgehead atoms. The van der Waals surface area contributed by atoms with Crippen molar-refractivity contribution >= 4 is 52.5 Å². The van der Waals surface area contributed by atoms with E-state index in [0.29, 0.717) is 28.4 Å². The van der Waals surface area contributed by atoms with Crippen LogP contribution < -0.4 is 10.6 Å². The molecule has 1 unspecified atom stereocenters. The van der Waals surface area contributed by atoms with Gasteiger partial charge in [-0.1, -0.05) is 30.7 Å². The van der Waals surface area contributed by atoms with Gasteiger partial charge in [-0.2, -0.15) is 0 Å². The second kappa shape index (κ2) is 10.8. The van der Waals surface area contributed by atoms with E-state index in [1.807, 2.05) is 25.1 Å². The van der Waals surface area contributed by atoms with Crippen molar-refractivity contribution in [3.63, 3.8) is 0 Å². The van der Waals surface area contributed by atoms with Gasteiger partial charge >= 0.3 is 5.97 Å². The number of aromatic carboxylic acids is 1. The number of nitrogens with one attached hydrogen (secondary N) is 2. The van der Waals surface area contributed by atoms with Gasteiger partial charge in [0.2, 0.25) is 5.91 Å². The predicted molar refractivity (Wildman–Crippen MR) is 128 cm³/mol. The van der Waals surface area contributed by atoms with Crippen LogP contribution in [0.25, 0.3) is 0 Å². The highest BCUT2D eigenvalue weighted by Crippen LogP contribution is 2.29. The third-order valence-electron chi connectivity index (χ3n) is 4.52. The van der Waals surface area contributed by atoms with Crippen LogP contribution in [0, 0.1) is 0 Å². The number of carboxylic acids is 1. The van der Waals surface area contributed by atoms with Crippen LogP contribution >= 0.6 is 23.4 Å². The summed E-state index contributed by atoms with van der Waals surface area (Å²) in [6, 6.07) is 20.0. The molecule has 0 spiro atoms. The van der Waals surface area contributed by atoms with E-state index in [1.54, 1.807) is 42.5 Å². The highest BCUT2D eigenvalue weighted by molar-refractivity contribution is 8.00. The summed E-state index contributed by atoms with van der Waals surface area (Å²) in [7, 11) is 0. The molecule has 0 aliphatic rings. The lowest BCUT2D eigenvalue weighted by atomic mass is 10.2. The van der Waals surface area contributed by atoms with Gasteiger partial charge in [-0.15, -0.1) is 11.8 Å². The Hall–Kier alpha value is -3.29. The molecule has 0 fully saturated rings. The Morgan fingerprint density at radius 3 is 2.28 bits per heavy atom. The minimum atomic E-state index is -1.02. The van der Waals surface area contributed by atoms with Crippen LogP contribution in [0.5, 0.6) is 0 Å². The minimum Gasteiger partial charge on any atom is -0.478 e. The van der Waals surface area contributed by atoms with Crippen molar-refractivity contribution in [2.45, 2.75) is 23.5 Å². The molecule has 3 N–H and O–H groups in total. The van der Waals surface area contributed by atoms with Crippen molar-refractivity contribution in [1.29, 1.82) is 0 Å². The summed E-state index contributed by atoms with van der Waals surface area (Å²) >= 11 is 7.34. The van der Waals surface area contributed by atoms with Gasteiger partial charge in [-0.25, -0.2) is 4.79 Å². The lowest BCUT2D eigenvalue weighted by Crippen LogP contribution is -2.24. The molecule has 32 heavy (non-hydrogen) atoms. The van der Waals surface area contributed by atoms with E-state index in [0.717, 1.165) is 4.90 Å². The van der Waals surface area contributed by atoms with Crippen LogP contribution in [0.15, 0.2) is 77.7 Å². The fourth-order valence-electron chi connectivity index (χ4n) is 2.89. The molecule has 3 aromatic carbocycles. The highest BCUT2D eigenvalue weighted by Gasteiger charge is 2.19. The molecule has 0 heterocycles. The van der Waals surface area contributed by atoms with E-state index in [-0.39, 0.29) is 22.6 Å². The molecule has 0 radical (unpaired) electrons. The molecular formula is C24H21ClN2O4S. The summed E-state index contributed by atoms with van der Waals surface area (Å²) in [4.78, 5) is 37.0. The molecule has 1 atom stereocenters. The Bertz CT molecular complexity index is 1130. The maximum atomic E-state index is 12.7. The second-order valence-corrected chi connectivity index (χ2v) is 8.59. The lowest BCUT2D eigenvalue weighted by molar-refractivity contribution is -0.115. The zero-order valence-corrected chi connectivity index (χ0v) is 18.7. The molecule has 0 aromatic heterocycles. The van der Waals surface area contributed by atoms with Gasteiger partial charge in [-0.3, -0.25) is 9.59 Å². The smallest absolute Gasteiger partial charge is 0.335 e. The number of benzene rings is 3. The molecule has 0 saturated carbocycles. The molecule has 0 saturated heterocycles. The average molecular weight is 469 g/mol. The molecule has 0 aliphatic carbocycles. The van der Waals surface area contributed by atoms with Crippen molar-refractivity contribution in [3.8, 4) is 0 Å². The average Bonchev–Trinajstić information content (AvgIpc) is 2.78. The quantitative estimate of drug-likeness (QED) is 0.363. The third-order valence-corrected chi connectivity index (χ3v) is 6.11. The Labute approximate surface area is 195 Å². The molecule has 3 rings (SSSR count). The van der Waals surface area contributed by atoms with Crippen LogP contribution in [0.1, 0.15) is 34.1 Å².